The smallest absolute Gasteiger partial charge is 0.434 e. The van der Waals surface area contributed by atoms with Gasteiger partial charge in [0.15, 0.2) is 11.8 Å². The van der Waals surface area contributed by atoms with E-state index in [0.29, 0.717) is 17.3 Å². The summed E-state index contributed by atoms with van der Waals surface area (Å²) in [5.41, 5.74) is -1.06. The number of ether oxygens (including phenoxy) is 1. The van der Waals surface area contributed by atoms with Crippen LogP contribution in [0.4, 0.5) is 13.2 Å². The quantitative estimate of drug-likeness (QED) is 0.231. The highest BCUT2D eigenvalue weighted by Gasteiger charge is 2.35. The molecule has 2 aromatic heterocycles. The number of aromatic nitrogens is 2. The highest BCUT2D eigenvalue weighted by Crippen LogP contribution is 2.34. The molecule has 0 bridgehead atoms. The lowest BCUT2D eigenvalue weighted by Gasteiger charge is -2.35. The maximum Gasteiger partial charge on any atom is 0.434 e. The van der Waals surface area contributed by atoms with Crippen LogP contribution in [0.2, 0.25) is 0 Å². The average molecular weight is 661 g/mol. The molecule has 2 amide bonds. The monoisotopic (exact) mass is 660 g/mol. The lowest BCUT2D eigenvalue weighted by molar-refractivity contribution is -0.148. The van der Waals surface area contributed by atoms with E-state index in [4.69, 9.17) is 4.74 Å². The summed E-state index contributed by atoms with van der Waals surface area (Å²) in [6.45, 7) is 6.65. The molecule has 1 aliphatic carbocycles. The first-order chi connectivity index (χ1) is 20.5. The zero-order chi connectivity index (χ0) is 32.8. The standard InChI is InChI=1S/C29H39F3N4O6S2/c1-15(2)21(36(5)25(38)10-18-7-6-8-18)12-22(42-17(4)37)27-34-20(13-44-27)26(39)33-19(9-16(3)28(40)41)11-24-35-23(14-43-24)29(30,31)32/h13-16,18-19,21-22H,6-12H2,1-5H3,(H,33,39)(H,40,41)/t16?,19-,21?,22-/m1/s1. The summed E-state index contributed by atoms with van der Waals surface area (Å²) in [5.74, 6) is -2.75. The van der Waals surface area contributed by atoms with Gasteiger partial charge in [-0.05, 0) is 31.1 Å². The Hall–Kier alpha value is -3.07. The summed E-state index contributed by atoms with van der Waals surface area (Å²) < 4.78 is 44.7. The number of amides is 2. The summed E-state index contributed by atoms with van der Waals surface area (Å²) in [6.07, 6.45) is -1.65. The summed E-state index contributed by atoms with van der Waals surface area (Å²) in [7, 11) is 1.75. The Balaban J connectivity index is 1.77. The second kappa shape index (κ2) is 15.3. The van der Waals surface area contributed by atoms with Gasteiger partial charge in [0.2, 0.25) is 5.91 Å². The van der Waals surface area contributed by atoms with Gasteiger partial charge in [0.05, 0.1) is 10.9 Å². The highest BCUT2D eigenvalue weighted by atomic mass is 32.1. The molecule has 1 aliphatic rings. The van der Waals surface area contributed by atoms with Crippen molar-refractivity contribution in [3.8, 4) is 0 Å². The molecule has 2 N–H and O–H groups in total. The number of rotatable bonds is 15. The van der Waals surface area contributed by atoms with Crippen LogP contribution >= 0.6 is 22.7 Å². The highest BCUT2D eigenvalue weighted by molar-refractivity contribution is 7.10. The van der Waals surface area contributed by atoms with Crippen LogP contribution < -0.4 is 5.32 Å². The van der Waals surface area contributed by atoms with Crippen LogP contribution in [0.25, 0.3) is 0 Å². The molecule has 0 saturated heterocycles. The van der Waals surface area contributed by atoms with Crippen molar-refractivity contribution in [2.75, 3.05) is 7.05 Å². The predicted molar refractivity (Wildman–Crippen MR) is 158 cm³/mol. The van der Waals surface area contributed by atoms with Crippen LogP contribution in [-0.2, 0) is 31.7 Å². The minimum atomic E-state index is -4.62. The Bertz CT molecular complexity index is 1310. The Morgan fingerprint density at radius 2 is 1.80 bits per heavy atom. The lowest BCUT2D eigenvalue weighted by atomic mass is 9.82. The molecule has 15 heteroatoms. The topological polar surface area (TPSA) is 139 Å². The van der Waals surface area contributed by atoms with Gasteiger partial charge in [-0.3, -0.25) is 19.2 Å². The fourth-order valence-corrected chi connectivity index (χ4v) is 6.76. The number of nitrogens with one attached hydrogen (secondary N) is 1. The summed E-state index contributed by atoms with van der Waals surface area (Å²) >= 11 is 1.88. The number of esters is 1. The van der Waals surface area contributed by atoms with Crippen LogP contribution in [0.5, 0.6) is 0 Å². The first-order valence-corrected chi connectivity index (χ1v) is 16.2. The van der Waals surface area contributed by atoms with E-state index in [1.165, 1.54) is 19.2 Å². The molecule has 244 valence electrons. The molecule has 10 nitrogen and oxygen atoms in total. The number of hydrogen-bond donors (Lipinski definition) is 2. The molecule has 44 heavy (non-hydrogen) atoms. The SMILES string of the molecule is CC(=O)O[C@H](CC(C(C)C)N(C)C(=O)CC1CCC1)c1nc(C(=O)N[C@@H](Cc2nc(C(F)(F)F)cs2)CC(C)C(=O)O)cs1. The molecule has 2 unspecified atom stereocenters. The molecule has 4 atom stereocenters. The Morgan fingerprint density at radius 1 is 1.11 bits per heavy atom. The van der Waals surface area contributed by atoms with Crippen molar-refractivity contribution in [3.05, 3.63) is 32.2 Å². The van der Waals surface area contributed by atoms with Crippen molar-refractivity contribution in [3.63, 3.8) is 0 Å². The molecule has 0 aromatic carbocycles. The van der Waals surface area contributed by atoms with Gasteiger partial charge >= 0.3 is 18.1 Å². The van der Waals surface area contributed by atoms with Crippen molar-refractivity contribution in [2.45, 2.75) is 97.0 Å². The first-order valence-electron chi connectivity index (χ1n) is 14.5. The van der Waals surface area contributed by atoms with Gasteiger partial charge in [-0.15, -0.1) is 22.7 Å². The maximum absolute atomic E-state index is 13.2. The van der Waals surface area contributed by atoms with E-state index in [9.17, 15) is 37.5 Å². The van der Waals surface area contributed by atoms with E-state index in [0.717, 1.165) is 47.3 Å². The fraction of sp³-hybridized carbons (Fsp3) is 0.655. The predicted octanol–water partition coefficient (Wildman–Crippen LogP) is 5.74. The zero-order valence-corrected chi connectivity index (χ0v) is 27.0. The number of halogens is 3. The number of nitrogens with zero attached hydrogens (tertiary/aromatic N) is 3. The number of carboxylic acid groups (broad SMARTS) is 1. The van der Waals surface area contributed by atoms with E-state index < -0.39 is 47.8 Å². The molecular formula is C29H39F3N4O6S2. The van der Waals surface area contributed by atoms with E-state index in [1.807, 2.05) is 13.8 Å². The number of aliphatic carboxylic acids is 1. The van der Waals surface area contributed by atoms with Gasteiger partial charge in [-0.1, -0.05) is 27.2 Å². The maximum atomic E-state index is 13.2. The molecular weight excluding hydrogens is 621 g/mol. The molecule has 0 spiro atoms. The molecule has 0 aliphatic heterocycles. The Labute approximate surface area is 262 Å². The number of carbonyl (C=O) groups is 4. The minimum Gasteiger partial charge on any atom is -0.481 e. The van der Waals surface area contributed by atoms with Crippen molar-refractivity contribution in [1.82, 2.24) is 20.2 Å². The van der Waals surface area contributed by atoms with Gasteiger partial charge in [-0.25, -0.2) is 9.97 Å². The second-order valence-electron chi connectivity index (χ2n) is 11.7. The number of carbonyl (C=O) groups excluding carboxylic acids is 3. The number of alkyl halides is 3. The molecule has 2 heterocycles. The average Bonchev–Trinajstić information content (AvgIpc) is 3.58. The third kappa shape index (κ3) is 9.98. The van der Waals surface area contributed by atoms with Crippen LogP contribution in [0.1, 0.15) is 98.5 Å². The van der Waals surface area contributed by atoms with E-state index in [-0.39, 0.29) is 47.8 Å². The molecule has 2 aromatic rings. The van der Waals surface area contributed by atoms with Crippen LogP contribution in [-0.4, -0.2) is 62.9 Å². The van der Waals surface area contributed by atoms with Gasteiger partial charge in [0.1, 0.15) is 10.7 Å². The molecule has 1 fully saturated rings. The van der Waals surface area contributed by atoms with E-state index in [1.54, 1.807) is 11.9 Å². The minimum absolute atomic E-state index is 0.0132. The van der Waals surface area contributed by atoms with Gasteiger partial charge in [0, 0.05) is 56.1 Å². The van der Waals surface area contributed by atoms with Crippen LogP contribution in [0.3, 0.4) is 0 Å². The van der Waals surface area contributed by atoms with Crippen molar-refractivity contribution < 1.29 is 42.2 Å². The molecule has 0 radical (unpaired) electrons. The normalized spacial score (nSPS) is 16.5. The van der Waals surface area contributed by atoms with Crippen LogP contribution in [0.15, 0.2) is 10.8 Å². The third-order valence-electron chi connectivity index (χ3n) is 7.80. The van der Waals surface area contributed by atoms with Gasteiger partial charge in [0.25, 0.3) is 5.91 Å². The van der Waals surface area contributed by atoms with Crippen LogP contribution in [0, 0.1) is 17.8 Å². The van der Waals surface area contributed by atoms with Gasteiger partial charge < -0.3 is 20.1 Å². The fourth-order valence-electron chi connectivity index (χ4n) is 5.03. The lowest BCUT2D eigenvalue weighted by Crippen LogP contribution is -2.42. The number of hydrogen-bond acceptors (Lipinski definition) is 9. The number of thiazole rings is 2. The Kier molecular flexibility index (Phi) is 12.3. The summed E-state index contributed by atoms with van der Waals surface area (Å²) in [5, 5.41) is 14.9. The van der Waals surface area contributed by atoms with E-state index in [2.05, 4.69) is 15.3 Å². The van der Waals surface area contributed by atoms with Crippen molar-refractivity contribution >= 4 is 46.4 Å². The molecule has 3 rings (SSSR count). The van der Waals surface area contributed by atoms with Crippen molar-refractivity contribution in [1.29, 1.82) is 0 Å². The summed E-state index contributed by atoms with van der Waals surface area (Å²) in [6, 6.07) is -1.11. The van der Waals surface area contributed by atoms with Gasteiger partial charge in [-0.2, -0.15) is 13.2 Å². The summed E-state index contributed by atoms with van der Waals surface area (Å²) in [4.78, 5) is 59.4. The van der Waals surface area contributed by atoms with E-state index >= 15 is 0 Å². The number of carboxylic acids is 1. The second-order valence-corrected chi connectivity index (χ2v) is 13.5. The largest absolute Gasteiger partial charge is 0.481 e. The first kappa shape index (κ1) is 35.4. The Morgan fingerprint density at radius 3 is 2.32 bits per heavy atom. The molecule has 1 saturated carbocycles. The third-order valence-corrected chi connectivity index (χ3v) is 9.61. The zero-order valence-electron chi connectivity index (χ0n) is 25.3. The van der Waals surface area contributed by atoms with Crippen molar-refractivity contribution in [2.24, 2.45) is 17.8 Å².